The van der Waals surface area contributed by atoms with Gasteiger partial charge in [0.05, 0.1) is 20.0 Å². The highest BCUT2D eigenvalue weighted by Gasteiger charge is 2.45. The Morgan fingerprint density at radius 2 is 1.94 bits per heavy atom. The molecule has 4 nitrogen and oxygen atoms in total. The van der Waals surface area contributed by atoms with Gasteiger partial charge >= 0.3 is 5.91 Å². The lowest BCUT2D eigenvalue weighted by Gasteiger charge is -2.29. The Kier molecular flexibility index (Phi) is 8.88. The van der Waals surface area contributed by atoms with Crippen LogP contribution in [0.4, 0.5) is 11.4 Å². The van der Waals surface area contributed by atoms with E-state index in [-0.39, 0.29) is 5.91 Å². The van der Waals surface area contributed by atoms with Crippen LogP contribution in [0.1, 0.15) is 47.0 Å². The molecule has 1 fully saturated rings. The summed E-state index contributed by atoms with van der Waals surface area (Å²) in [7, 11) is 2.04. The van der Waals surface area contributed by atoms with E-state index in [9.17, 15) is 4.79 Å². The van der Waals surface area contributed by atoms with Gasteiger partial charge in [0.15, 0.2) is 0 Å². The molecule has 0 spiro atoms. The number of allylic oxidation sites excluding steroid dienone is 5. The molecular weight excluding hydrogens is 382 g/mol. The van der Waals surface area contributed by atoms with Gasteiger partial charge in [-0.15, -0.1) is 0 Å². The van der Waals surface area contributed by atoms with Gasteiger partial charge in [-0.05, 0) is 44.4 Å². The Balaban J connectivity index is 2.08. The van der Waals surface area contributed by atoms with Crippen LogP contribution in [-0.2, 0) is 4.79 Å². The normalized spacial score (nSPS) is 21.5. The number of hydrogen-bond donors (Lipinski definition) is 1. The van der Waals surface area contributed by atoms with Crippen LogP contribution in [-0.4, -0.2) is 32.6 Å². The molecule has 1 aromatic rings. The van der Waals surface area contributed by atoms with E-state index in [1.165, 1.54) is 0 Å². The molecule has 1 aromatic carbocycles. The van der Waals surface area contributed by atoms with Crippen molar-refractivity contribution in [3.63, 3.8) is 0 Å². The van der Waals surface area contributed by atoms with Crippen molar-refractivity contribution in [2.45, 2.75) is 47.0 Å². The number of likely N-dealkylation sites (tertiary alicyclic amines) is 1. The van der Waals surface area contributed by atoms with Crippen molar-refractivity contribution < 1.29 is 4.79 Å². The summed E-state index contributed by atoms with van der Waals surface area (Å²) in [6, 6.07) is 8.48. The number of nitrogens with one attached hydrogen (secondary N) is 1. The Morgan fingerprint density at radius 3 is 2.52 bits per heavy atom. The second kappa shape index (κ2) is 11.1. The third-order valence-electron chi connectivity index (χ3n) is 6.22. The summed E-state index contributed by atoms with van der Waals surface area (Å²) < 4.78 is 0.356. The van der Waals surface area contributed by atoms with Gasteiger partial charge in [-0.3, -0.25) is 0 Å². The molecule has 0 aliphatic carbocycles. The lowest BCUT2D eigenvalue weighted by molar-refractivity contribution is -0.126. The van der Waals surface area contributed by atoms with Gasteiger partial charge in [-0.25, -0.2) is 9.28 Å². The molecular formula is C27H40N3O+. The predicted octanol–water partition coefficient (Wildman–Crippen LogP) is 5.94. The van der Waals surface area contributed by atoms with Crippen LogP contribution in [0.15, 0.2) is 72.6 Å². The highest BCUT2D eigenvalue weighted by Crippen LogP contribution is 2.33. The van der Waals surface area contributed by atoms with Crippen molar-refractivity contribution in [2.75, 3.05) is 31.6 Å². The first-order chi connectivity index (χ1) is 14.8. The SMILES string of the molecule is C=C(NCC1CC(=O)[N+](C)(c2ccc(N(CCC)C(=C)CC)cc2)C1)/C(C)=C/C=CC. The minimum Gasteiger partial charge on any atom is -0.385 e. The summed E-state index contributed by atoms with van der Waals surface area (Å²) in [5.41, 5.74) is 5.35. The van der Waals surface area contributed by atoms with Crippen molar-refractivity contribution in [1.29, 1.82) is 0 Å². The summed E-state index contributed by atoms with van der Waals surface area (Å²) in [4.78, 5) is 15.3. The summed E-state index contributed by atoms with van der Waals surface area (Å²) in [5, 5.41) is 3.42. The molecule has 4 heteroatoms. The molecule has 1 aliphatic heterocycles. The van der Waals surface area contributed by atoms with E-state index in [1.54, 1.807) is 0 Å². The average Bonchev–Trinajstić information content (AvgIpc) is 3.08. The van der Waals surface area contributed by atoms with Crippen molar-refractivity contribution in [3.8, 4) is 0 Å². The van der Waals surface area contributed by atoms with Crippen LogP contribution in [0.25, 0.3) is 0 Å². The zero-order chi connectivity index (χ0) is 23.0. The first-order valence-electron chi connectivity index (χ1n) is 11.4. The molecule has 0 aromatic heterocycles. The largest absolute Gasteiger partial charge is 0.385 e. The monoisotopic (exact) mass is 422 g/mol. The molecule has 0 saturated carbocycles. The summed E-state index contributed by atoms with van der Waals surface area (Å²) in [5.74, 6) is 0.564. The maximum atomic E-state index is 13.0. The first kappa shape index (κ1) is 24.7. The van der Waals surface area contributed by atoms with Gasteiger partial charge in [0.25, 0.3) is 0 Å². The predicted molar refractivity (Wildman–Crippen MR) is 135 cm³/mol. The highest BCUT2D eigenvalue weighted by molar-refractivity contribution is 5.90. The van der Waals surface area contributed by atoms with Crippen molar-refractivity contribution in [3.05, 3.63) is 72.6 Å². The molecule has 31 heavy (non-hydrogen) atoms. The fraction of sp³-hybridized carbons (Fsp3) is 0.444. The minimum absolute atomic E-state index is 0.273. The van der Waals surface area contributed by atoms with E-state index >= 15 is 0 Å². The van der Waals surface area contributed by atoms with Crippen LogP contribution in [0, 0.1) is 5.92 Å². The molecule has 1 saturated heterocycles. The Morgan fingerprint density at radius 1 is 1.26 bits per heavy atom. The van der Waals surface area contributed by atoms with E-state index in [0.29, 0.717) is 16.8 Å². The highest BCUT2D eigenvalue weighted by atomic mass is 16.2. The molecule has 1 aliphatic rings. The third-order valence-corrected chi connectivity index (χ3v) is 6.22. The van der Waals surface area contributed by atoms with Gasteiger partial charge in [0, 0.05) is 48.2 Å². The van der Waals surface area contributed by atoms with E-state index in [4.69, 9.17) is 0 Å². The standard InChI is InChI=1S/C27H40N3O/c1-8-11-12-21(4)23(6)28-19-24-18-27(31)30(7,20-24)26-15-13-25(14-16-26)29(17-9-2)22(5)10-3/h8,11-16,24,28H,5-6,9-10,17-20H2,1-4,7H3/q+1/b11-8?,21-12+. The van der Waals surface area contributed by atoms with Gasteiger partial charge in [0.1, 0.15) is 5.69 Å². The number of carbonyl (C=O) groups is 1. The van der Waals surface area contributed by atoms with E-state index in [0.717, 1.165) is 60.8 Å². The first-order valence-corrected chi connectivity index (χ1v) is 11.4. The maximum Gasteiger partial charge on any atom is 0.319 e. The topological polar surface area (TPSA) is 32.3 Å². The smallest absolute Gasteiger partial charge is 0.319 e. The van der Waals surface area contributed by atoms with Gasteiger partial charge in [-0.1, -0.05) is 45.2 Å². The molecule has 2 rings (SSSR count). The molecule has 1 N–H and O–H groups in total. The Bertz CT molecular complexity index is 850. The van der Waals surface area contributed by atoms with Gasteiger partial charge in [0.2, 0.25) is 0 Å². The molecule has 0 bridgehead atoms. The summed E-state index contributed by atoms with van der Waals surface area (Å²) >= 11 is 0. The number of anilines is 1. The van der Waals surface area contributed by atoms with Crippen molar-refractivity contribution in [1.82, 2.24) is 9.80 Å². The lowest BCUT2D eigenvalue weighted by Crippen LogP contribution is -2.47. The van der Waals surface area contributed by atoms with Crippen molar-refractivity contribution >= 4 is 17.3 Å². The second-order valence-corrected chi connectivity index (χ2v) is 8.66. The fourth-order valence-electron chi connectivity index (χ4n) is 4.11. The number of rotatable bonds is 11. The van der Waals surface area contributed by atoms with E-state index in [2.05, 4.69) is 61.5 Å². The van der Waals surface area contributed by atoms with Crippen LogP contribution in [0.2, 0.25) is 0 Å². The quantitative estimate of drug-likeness (QED) is 0.354. The Labute approximate surface area is 189 Å². The Hall–Kier alpha value is -2.59. The van der Waals surface area contributed by atoms with Gasteiger partial charge in [-0.2, -0.15) is 0 Å². The average molecular weight is 423 g/mol. The van der Waals surface area contributed by atoms with E-state index < -0.39 is 0 Å². The zero-order valence-electron chi connectivity index (χ0n) is 20.1. The van der Waals surface area contributed by atoms with Crippen molar-refractivity contribution in [2.24, 2.45) is 5.92 Å². The minimum atomic E-state index is 0.273. The van der Waals surface area contributed by atoms with E-state index in [1.807, 2.05) is 39.1 Å². The third kappa shape index (κ3) is 5.98. The fourth-order valence-corrected chi connectivity index (χ4v) is 4.11. The maximum absolute atomic E-state index is 13.0. The summed E-state index contributed by atoms with van der Waals surface area (Å²) in [6.07, 6.45) is 8.64. The number of hydrogen-bond acceptors (Lipinski definition) is 3. The molecule has 0 radical (unpaired) electrons. The van der Waals surface area contributed by atoms with Crippen LogP contribution in [0.5, 0.6) is 0 Å². The molecule has 1 amide bonds. The molecule has 1 heterocycles. The number of nitrogens with zero attached hydrogens (tertiary/aromatic N) is 2. The second-order valence-electron chi connectivity index (χ2n) is 8.66. The number of quaternary nitrogens is 1. The van der Waals surface area contributed by atoms with Gasteiger partial charge < -0.3 is 10.2 Å². The number of amides is 1. The summed E-state index contributed by atoms with van der Waals surface area (Å²) in [6.45, 7) is 19.2. The molecule has 168 valence electrons. The zero-order valence-corrected chi connectivity index (χ0v) is 20.1. The van der Waals surface area contributed by atoms with Crippen LogP contribution >= 0.6 is 0 Å². The number of benzene rings is 1. The molecule has 2 atom stereocenters. The lowest BCUT2D eigenvalue weighted by atomic mass is 10.1. The number of carbonyl (C=O) groups excluding carboxylic acids is 1. The molecule has 2 unspecified atom stereocenters. The van der Waals surface area contributed by atoms with Crippen LogP contribution < -0.4 is 14.7 Å². The van der Waals surface area contributed by atoms with Crippen LogP contribution in [0.3, 0.4) is 0 Å².